The molecule has 31 heavy (non-hydrogen) atoms. The number of carboxylic acids is 1. The van der Waals surface area contributed by atoms with E-state index in [9.17, 15) is 19.8 Å². The SMILES string of the molecule is CC(C)(C)OC(O)N[C@H](C(=O)N1C[C@H](Oc2ccc(Cl)cn2)C[C@H]1C(=O)[O-])C(C)(C)C. The molecule has 1 fully saturated rings. The fraction of sp³-hybridized carbons (Fsp3) is 0.667. The number of likely N-dealkylation sites (tertiary alicyclic amines) is 1. The number of ether oxygens (including phenoxy) is 2. The number of amides is 1. The summed E-state index contributed by atoms with van der Waals surface area (Å²) in [5.74, 6) is -1.59. The van der Waals surface area contributed by atoms with E-state index < -0.39 is 47.5 Å². The van der Waals surface area contributed by atoms with Gasteiger partial charge in [0.1, 0.15) is 6.10 Å². The molecule has 174 valence electrons. The molecule has 9 nitrogen and oxygen atoms in total. The summed E-state index contributed by atoms with van der Waals surface area (Å²) < 4.78 is 11.2. The average molecular weight is 457 g/mol. The van der Waals surface area contributed by atoms with Gasteiger partial charge in [-0.2, -0.15) is 0 Å². The van der Waals surface area contributed by atoms with Gasteiger partial charge in [0, 0.05) is 18.7 Å². The molecule has 1 saturated heterocycles. The van der Waals surface area contributed by atoms with E-state index >= 15 is 0 Å². The molecule has 0 aromatic carbocycles. The highest BCUT2D eigenvalue weighted by Crippen LogP contribution is 2.28. The van der Waals surface area contributed by atoms with Gasteiger partial charge in [-0.15, -0.1) is 0 Å². The van der Waals surface area contributed by atoms with Gasteiger partial charge >= 0.3 is 0 Å². The van der Waals surface area contributed by atoms with Crippen LogP contribution in [0, 0.1) is 5.41 Å². The number of carbonyl (C=O) groups is 2. The zero-order chi connectivity index (χ0) is 23.6. The molecule has 1 amide bonds. The molecule has 0 saturated carbocycles. The zero-order valence-corrected chi connectivity index (χ0v) is 19.5. The Bertz CT molecular complexity index is 775. The minimum atomic E-state index is -1.41. The van der Waals surface area contributed by atoms with E-state index in [4.69, 9.17) is 21.1 Å². The lowest BCUT2D eigenvalue weighted by atomic mass is 9.85. The number of pyridine rings is 1. The number of nitrogens with one attached hydrogen (secondary N) is 1. The summed E-state index contributed by atoms with van der Waals surface area (Å²) in [6, 6.07) is 1.09. The van der Waals surface area contributed by atoms with Crippen LogP contribution in [0.25, 0.3) is 0 Å². The summed E-state index contributed by atoms with van der Waals surface area (Å²) >= 11 is 5.82. The predicted molar refractivity (Wildman–Crippen MR) is 112 cm³/mol. The van der Waals surface area contributed by atoms with Crippen molar-refractivity contribution in [2.75, 3.05) is 6.54 Å². The second-order valence-electron chi connectivity index (χ2n) is 9.66. The first kappa shape index (κ1) is 25.3. The van der Waals surface area contributed by atoms with E-state index in [0.29, 0.717) is 5.02 Å². The topological polar surface area (TPSA) is 124 Å². The third-order valence-electron chi connectivity index (χ3n) is 4.69. The van der Waals surface area contributed by atoms with Crippen molar-refractivity contribution >= 4 is 23.5 Å². The van der Waals surface area contributed by atoms with Crippen LogP contribution in [0.5, 0.6) is 5.88 Å². The molecule has 0 aliphatic carbocycles. The number of carbonyl (C=O) groups excluding carboxylic acids is 2. The van der Waals surface area contributed by atoms with Gasteiger partial charge in [0.25, 0.3) is 0 Å². The number of carboxylic acid groups (broad SMARTS) is 1. The summed E-state index contributed by atoms with van der Waals surface area (Å²) in [4.78, 5) is 30.4. The lowest BCUT2D eigenvalue weighted by Gasteiger charge is -2.38. The molecular formula is C21H31ClN3O6-. The summed E-state index contributed by atoms with van der Waals surface area (Å²) in [5.41, 5.74) is -1.30. The summed E-state index contributed by atoms with van der Waals surface area (Å²) in [6.07, 6.45) is -0.531. The molecule has 10 heteroatoms. The van der Waals surface area contributed by atoms with E-state index in [2.05, 4.69) is 10.3 Å². The van der Waals surface area contributed by atoms with Crippen molar-refractivity contribution < 1.29 is 29.3 Å². The van der Waals surface area contributed by atoms with Crippen LogP contribution in [0.2, 0.25) is 5.02 Å². The molecule has 1 aliphatic heterocycles. The van der Waals surface area contributed by atoms with Crippen LogP contribution in [0.15, 0.2) is 18.3 Å². The van der Waals surface area contributed by atoms with Crippen molar-refractivity contribution in [3.63, 3.8) is 0 Å². The van der Waals surface area contributed by atoms with Gasteiger partial charge in [-0.1, -0.05) is 32.4 Å². The van der Waals surface area contributed by atoms with Crippen LogP contribution in [-0.2, 0) is 14.3 Å². The van der Waals surface area contributed by atoms with Crippen LogP contribution in [0.1, 0.15) is 48.0 Å². The Morgan fingerprint density at radius 2 is 1.94 bits per heavy atom. The van der Waals surface area contributed by atoms with E-state index in [0.717, 1.165) is 0 Å². The monoisotopic (exact) mass is 456 g/mol. The Morgan fingerprint density at radius 3 is 2.42 bits per heavy atom. The predicted octanol–water partition coefficient (Wildman–Crippen LogP) is 0.929. The highest BCUT2D eigenvalue weighted by Gasteiger charge is 2.43. The van der Waals surface area contributed by atoms with Gasteiger partial charge in [-0.25, -0.2) is 4.98 Å². The maximum Gasteiger partial charge on any atom is 0.241 e. The van der Waals surface area contributed by atoms with Crippen molar-refractivity contribution in [1.29, 1.82) is 0 Å². The molecule has 1 unspecified atom stereocenters. The quantitative estimate of drug-likeness (QED) is 0.580. The highest BCUT2D eigenvalue weighted by molar-refractivity contribution is 6.30. The Labute approximate surface area is 187 Å². The van der Waals surface area contributed by atoms with Gasteiger partial charge < -0.3 is 29.4 Å². The summed E-state index contributed by atoms with van der Waals surface area (Å²) in [7, 11) is 0. The molecule has 0 bridgehead atoms. The average Bonchev–Trinajstić information content (AvgIpc) is 3.03. The smallest absolute Gasteiger partial charge is 0.241 e. The van der Waals surface area contributed by atoms with E-state index in [1.165, 1.54) is 11.1 Å². The van der Waals surface area contributed by atoms with Crippen molar-refractivity contribution in [3.05, 3.63) is 23.4 Å². The molecule has 4 atom stereocenters. The first-order valence-corrected chi connectivity index (χ1v) is 10.5. The molecule has 2 rings (SSSR count). The Balaban J connectivity index is 2.18. The number of aliphatic hydroxyl groups is 1. The molecule has 0 spiro atoms. The van der Waals surface area contributed by atoms with Crippen molar-refractivity contribution in [2.45, 2.75) is 78.2 Å². The molecule has 1 aliphatic rings. The molecule has 1 aromatic heterocycles. The van der Waals surface area contributed by atoms with Gasteiger partial charge in [-0.05, 0) is 32.3 Å². The van der Waals surface area contributed by atoms with Crippen LogP contribution in [-0.4, -0.2) is 63.6 Å². The maximum atomic E-state index is 13.4. The molecule has 0 radical (unpaired) electrons. The minimum absolute atomic E-state index is 0.0340. The van der Waals surface area contributed by atoms with E-state index in [1.807, 2.05) is 20.8 Å². The number of aromatic nitrogens is 1. The second kappa shape index (κ2) is 9.68. The molecular weight excluding hydrogens is 426 g/mol. The third kappa shape index (κ3) is 7.31. The van der Waals surface area contributed by atoms with Crippen molar-refractivity contribution in [3.8, 4) is 5.88 Å². The van der Waals surface area contributed by atoms with Crippen LogP contribution in [0.3, 0.4) is 0 Å². The van der Waals surface area contributed by atoms with Crippen LogP contribution in [0.4, 0.5) is 0 Å². The number of rotatable bonds is 7. The number of aliphatic hydroxyl groups excluding tert-OH is 1. The van der Waals surface area contributed by atoms with Gasteiger partial charge in [0.2, 0.25) is 18.2 Å². The number of aliphatic carboxylic acids is 1. The number of nitrogens with zero attached hydrogens (tertiary/aromatic N) is 2. The standard InChI is InChI=1S/C21H32ClN3O6/c1-20(2,3)16(24-19(29)31-21(4,5)6)17(26)25-11-13(9-14(25)18(27)28)30-15-8-7-12(22)10-23-15/h7-8,10,13-14,16,19,24,29H,9,11H2,1-6H3,(H,27,28)/p-1/t13-,14+,16-,19?/m1/s1. The second-order valence-corrected chi connectivity index (χ2v) is 10.1. The van der Waals surface area contributed by atoms with E-state index in [1.54, 1.807) is 32.9 Å². The van der Waals surface area contributed by atoms with E-state index in [-0.39, 0.29) is 18.8 Å². The van der Waals surface area contributed by atoms with Gasteiger partial charge in [0.05, 0.1) is 35.2 Å². The Morgan fingerprint density at radius 1 is 1.29 bits per heavy atom. The lowest BCUT2D eigenvalue weighted by molar-refractivity contribution is -0.310. The fourth-order valence-corrected chi connectivity index (χ4v) is 3.43. The Kier molecular flexibility index (Phi) is 7.91. The first-order chi connectivity index (χ1) is 14.2. The van der Waals surface area contributed by atoms with Crippen molar-refractivity contribution in [2.24, 2.45) is 5.41 Å². The normalized spacial score (nSPS) is 21.6. The Hall–Kier alpha value is -1.94. The zero-order valence-electron chi connectivity index (χ0n) is 18.7. The molecule has 1 aromatic rings. The minimum Gasteiger partial charge on any atom is -0.548 e. The number of hydrogen-bond acceptors (Lipinski definition) is 8. The summed E-state index contributed by atoms with van der Waals surface area (Å²) in [5, 5.41) is 25.3. The number of halogens is 1. The summed E-state index contributed by atoms with van der Waals surface area (Å²) in [6.45, 7) is 10.8. The van der Waals surface area contributed by atoms with Crippen LogP contribution < -0.4 is 15.2 Å². The largest absolute Gasteiger partial charge is 0.548 e. The fourth-order valence-electron chi connectivity index (χ4n) is 3.32. The van der Waals surface area contributed by atoms with Gasteiger partial charge in [-0.3, -0.25) is 10.1 Å². The molecule has 2 heterocycles. The third-order valence-corrected chi connectivity index (χ3v) is 4.92. The number of hydrogen-bond donors (Lipinski definition) is 2. The first-order valence-electron chi connectivity index (χ1n) is 10.1. The highest BCUT2D eigenvalue weighted by atomic mass is 35.5. The van der Waals surface area contributed by atoms with Crippen molar-refractivity contribution in [1.82, 2.24) is 15.2 Å². The maximum absolute atomic E-state index is 13.4. The van der Waals surface area contributed by atoms with Gasteiger partial charge in [0.15, 0.2) is 0 Å². The van der Waals surface area contributed by atoms with Crippen LogP contribution >= 0.6 is 11.6 Å². The lowest BCUT2D eigenvalue weighted by Crippen LogP contribution is -2.59. The molecule has 2 N–H and O–H groups in total.